The first-order valence-corrected chi connectivity index (χ1v) is 7.24. The Morgan fingerprint density at radius 2 is 2.20 bits per heavy atom. The molecule has 1 aliphatic rings. The summed E-state index contributed by atoms with van der Waals surface area (Å²) in [5, 5.41) is 3.76. The predicted molar refractivity (Wildman–Crippen MR) is 75.6 cm³/mol. The first kappa shape index (κ1) is 13.5. The number of halogens is 2. The molecule has 1 unspecified atom stereocenters. The number of benzene rings is 1. The van der Waals surface area contributed by atoms with Gasteiger partial charge in [0.2, 0.25) is 0 Å². The van der Waals surface area contributed by atoms with Gasteiger partial charge in [0.25, 0.3) is 0 Å². The van der Waals surface area contributed by atoms with Crippen LogP contribution in [0.25, 0.3) is 0 Å². The highest BCUT2D eigenvalue weighted by Crippen LogP contribution is 2.40. The predicted octanol–water partition coefficient (Wildman–Crippen LogP) is 2.61. The molecule has 0 aliphatic heterocycles. The molecule has 20 heavy (non-hydrogen) atoms. The molecular weight excluding hydrogens is 280 g/mol. The molecule has 3 N–H and O–H groups in total. The quantitative estimate of drug-likeness (QED) is 0.895. The number of likely N-dealkylation sites (N-methyl/N-ethyl adjacent to an activating group) is 1. The molecule has 1 atom stereocenters. The highest BCUT2D eigenvalue weighted by atomic mass is 32.1. The third-order valence-electron chi connectivity index (χ3n) is 3.97. The maximum absolute atomic E-state index is 14.1. The molecule has 2 aromatic rings. The van der Waals surface area contributed by atoms with E-state index in [0.29, 0.717) is 23.5 Å². The van der Waals surface area contributed by atoms with Crippen LogP contribution in [0.1, 0.15) is 22.6 Å². The SMILES string of the molecule is CNC1(c2ccc(F)cc2F)CCc2nc(N)sc2C1. The van der Waals surface area contributed by atoms with Crippen LogP contribution in [0.5, 0.6) is 0 Å². The van der Waals surface area contributed by atoms with E-state index in [1.165, 1.54) is 23.5 Å². The average Bonchev–Trinajstić information content (AvgIpc) is 2.77. The number of thiazole rings is 1. The van der Waals surface area contributed by atoms with Crippen molar-refractivity contribution in [1.29, 1.82) is 0 Å². The Bertz CT molecular complexity index is 656. The van der Waals surface area contributed by atoms with E-state index in [4.69, 9.17) is 5.73 Å². The molecule has 0 spiro atoms. The van der Waals surface area contributed by atoms with Crippen LogP contribution >= 0.6 is 11.3 Å². The number of nitrogen functional groups attached to an aromatic ring is 1. The Labute approximate surface area is 119 Å². The van der Waals surface area contributed by atoms with Crippen molar-refractivity contribution in [3.8, 4) is 0 Å². The molecular formula is C14H15F2N3S. The standard InChI is InChI=1S/C14H15F2N3S/c1-18-14(9-3-2-8(15)6-10(9)16)5-4-11-12(7-14)20-13(17)19-11/h2-3,6,18H,4-5,7H2,1H3,(H2,17,19). The Morgan fingerprint density at radius 3 is 2.90 bits per heavy atom. The molecule has 1 aliphatic carbocycles. The zero-order valence-electron chi connectivity index (χ0n) is 11.0. The minimum atomic E-state index is -0.559. The normalized spacial score (nSPS) is 21.8. The first-order chi connectivity index (χ1) is 9.54. The largest absolute Gasteiger partial charge is 0.375 e. The summed E-state index contributed by atoms with van der Waals surface area (Å²) in [5.74, 6) is -1.07. The number of nitrogens with two attached hydrogens (primary N) is 1. The van der Waals surface area contributed by atoms with Crippen molar-refractivity contribution in [3.05, 3.63) is 46.0 Å². The number of hydrogen-bond acceptors (Lipinski definition) is 4. The lowest BCUT2D eigenvalue weighted by Crippen LogP contribution is -2.45. The summed E-state index contributed by atoms with van der Waals surface area (Å²) in [4.78, 5) is 5.37. The molecule has 1 aromatic carbocycles. The Balaban J connectivity index is 2.05. The first-order valence-electron chi connectivity index (χ1n) is 6.42. The fourth-order valence-corrected chi connectivity index (χ4v) is 3.88. The lowest BCUT2D eigenvalue weighted by Gasteiger charge is -2.37. The Morgan fingerprint density at radius 1 is 1.40 bits per heavy atom. The molecule has 0 amide bonds. The highest BCUT2D eigenvalue weighted by molar-refractivity contribution is 7.15. The average molecular weight is 295 g/mol. The van der Waals surface area contributed by atoms with Crippen LogP contribution in [0.15, 0.2) is 18.2 Å². The maximum Gasteiger partial charge on any atom is 0.180 e. The number of fused-ring (bicyclic) bond motifs is 1. The number of nitrogens with zero attached hydrogens (tertiary/aromatic N) is 1. The van der Waals surface area contributed by atoms with E-state index in [1.807, 2.05) is 0 Å². The third kappa shape index (κ3) is 2.09. The van der Waals surface area contributed by atoms with Gasteiger partial charge in [-0.3, -0.25) is 0 Å². The van der Waals surface area contributed by atoms with Crippen LogP contribution in [0, 0.1) is 11.6 Å². The Kier molecular flexibility index (Phi) is 3.22. The van der Waals surface area contributed by atoms with Gasteiger partial charge in [0.1, 0.15) is 11.6 Å². The lowest BCUT2D eigenvalue weighted by molar-refractivity contribution is 0.303. The summed E-state index contributed by atoms with van der Waals surface area (Å²) in [5.41, 5.74) is 6.72. The summed E-state index contributed by atoms with van der Waals surface area (Å²) in [6.07, 6.45) is 2.07. The van der Waals surface area contributed by atoms with Crippen LogP contribution < -0.4 is 11.1 Å². The molecule has 1 aromatic heterocycles. The van der Waals surface area contributed by atoms with E-state index in [0.717, 1.165) is 23.1 Å². The van der Waals surface area contributed by atoms with Gasteiger partial charge in [0.05, 0.1) is 11.2 Å². The number of nitrogens with one attached hydrogen (secondary N) is 1. The second-order valence-electron chi connectivity index (χ2n) is 5.06. The molecule has 3 rings (SSSR count). The maximum atomic E-state index is 14.1. The van der Waals surface area contributed by atoms with Gasteiger partial charge in [-0.15, -0.1) is 11.3 Å². The van der Waals surface area contributed by atoms with Crippen molar-refractivity contribution in [2.75, 3.05) is 12.8 Å². The highest BCUT2D eigenvalue weighted by Gasteiger charge is 2.38. The molecule has 0 fully saturated rings. The molecule has 0 bridgehead atoms. The molecule has 3 nitrogen and oxygen atoms in total. The summed E-state index contributed by atoms with van der Waals surface area (Å²) in [6.45, 7) is 0. The van der Waals surface area contributed by atoms with Crippen molar-refractivity contribution in [1.82, 2.24) is 10.3 Å². The van der Waals surface area contributed by atoms with Crippen LogP contribution in [0.4, 0.5) is 13.9 Å². The van der Waals surface area contributed by atoms with Gasteiger partial charge < -0.3 is 11.1 Å². The smallest absolute Gasteiger partial charge is 0.180 e. The van der Waals surface area contributed by atoms with E-state index < -0.39 is 17.2 Å². The van der Waals surface area contributed by atoms with Gasteiger partial charge in [-0.2, -0.15) is 0 Å². The summed E-state index contributed by atoms with van der Waals surface area (Å²) < 4.78 is 27.2. The number of hydrogen-bond donors (Lipinski definition) is 2. The van der Waals surface area contributed by atoms with E-state index >= 15 is 0 Å². The monoisotopic (exact) mass is 295 g/mol. The number of aromatic nitrogens is 1. The second kappa shape index (κ2) is 4.79. The van der Waals surface area contributed by atoms with Gasteiger partial charge in [-0.1, -0.05) is 6.07 Å². The third-order valence-corrected chi connectivity index (χ3v) is 4.90. The summed E-state index contributed by atoms with van der Waals surface area (Å²) in [7, 11) is 1.80. The number of aryl methyl sites for hydroxylation is 1. The van der Waals surface area contributed by atoms with E-state index in [1.54, 1.807) is 7.05 Å². The van der Waals surface area contributed by atoms with E-state index in [2.05, 4.69) is 10.3 Å². The zero-order valence-corrected chi connectivity index (χ0v) is 11.9. The van der Waals surface area contributed by atoms with Crippen molar-refractivity contribution < 1.29 is 8.78 Å². The molecule has 106 valence electrons. The van der Waals surface area contributed by atoms with Crippen LogP contribution in [-0.2, 0) is 18.4 Å². The van der Waals surface area contributed by atoms with Crippen LogP contribution in [0.2, 0.25) is 0 Å². The van der Waals surface area contributed by atoms with Crippen molar-refractivity contribution in [2.24, 2.45) is 0 Å². The summed E-state index contributed by atoms with van der Waals surface area (Å²) in [6, 6.07) is 3.76. The van der Waals surface area contributed by atoms with E-state index in [9.17, 15) is 8.78 Å². The van der Waals surface area contributed by atoms with Gasteiger partial charge in [-0.25, -0.2) is 13.8 Å². The fraction of sp³-hybridized carbons (Fsp3) is 0.357. The minimum Gasteiger partial charge on any atom is -0.375 e. The van der Waals surface area contributed by atoms with E-state index in [-0.39, 0.29) is 0 Å². The Hall–Kier alpha value is -1.53. The van der Waals surface area contributed by atoms with Crippen LogP contribution in [-0.4, -0.2) is 12.0 Å². The molecule has 0 saturated heterocycles. The van der Waals surface area contributed by atoms with Crippen molar-refractivity contribution in [3.63, 3.8) is 0 Å². The second-order valence-corrected chi connectivity index (χ2v) is 6.17. The number of rotatable bonds is 2. The van der Waals surface area contributed by atoms with Gasteiger partial charge in [-0.05, 0) is 26.0 Å². The topological polar surface area (TPSA) is 50.9 Å². The van der Waals surface area contributed by atoms with Gasteiger partial charge in [0.15, 0.2) is 5.13 Å². The molecule has 1 heterocycles. The number of anilines is 1. The lowest BCUT2D eigenvalue weighted by atomic mass is 9.77. The van der Waals surface area contributed by atoms with Crippen LogP contribution in [0.3, 0.4) is 0 Å². The molecule has 0 saturated carbocycles. The molecule has 6 heteroatoms. The van der Waals surface area contributed by atoms with Crippen molar-refractivity contribution in [2.45, 2.75) is 24.8 Å². The minimum absolute atomic E-state index is 0.499. The fourth-order valence-electron chi connectivity index (χ4n) is 2.89. The van der Waals surface area contributed by atoms with Crippen molar-refractivity contribution >= 4 is 16.5 Å². The molecule has 0 radical (unpaired) electrons. The zero-order chi connectivity index (χ0) is 14.3. The summed E-state index contributed by atoms with van der Waals surface area (Å²) >= 11 is 1.44. The van der Waals surface area contributed by atoms with Gasteiger partial charge >= 0.3 is 0 Å². The van der Waals surface area contributed by atoms with Gasteiger partial charge in [0, 0.05) is 22.9 Å².